The Bertz CT molecular complexity index is 1100. The number of carboxylic acid groups (broad SMARTS) is 1. The Morgan fingerprint density at radius 2 is 2.19 bits per heavy atom. The van der Waals surface area contributed by atoms with Gasteiger partial charge in [-0.05, 0) is 77.3 Å². The van der Waals surface area contributed by atoms with Crippen molar-refractivity contribution in [3.05, 3.63) is 46.9 Å². The van der Waals surface area contributed by atoms with Crippen LogP contribution >= 0.6 is 0 Å². The Hall–Kier alpha value is -2.74. The fraction of sp³-hybridized carbons (Fsp3) is 0.621. The number of carboxylic acids is 1. The van der Waals surface area contributed by atoms with Gasteiger partial charge in [-0.3, -0.25) is 14.7 Å². The van der Waals surface area contributed by atoms with Crippen LogP contribution in [0.4, 0.5) is 10.2 Å². The van der Waals surface area contributed by atoms with Crippen molar-refractivity contribution in [2.75, 3.05) is 32.1 Å². The topological polar surface area (TPSA) is 87.6 Å². The second kappa shape index (κ2) is 10.9. The van der Waals surface area contributed by atoms with E-state index in [0.717, 1.165) is 85.6 Å². The maximum atomic E-state index is 15.9. The van der Waals surface area contributed by atoms with Gasteiger partial charge in [0, 0.05) is 59.7 Å². The third-order valence-corrected chi connectivity index (χ3v) is 8.40. The number of aromatic nitrogens is 2. The number of aryl methyl sites for hydroxylation is 1. The van der Waals surface area contributed by atoms with Crippen LogP contribution in [0.2, 0.25) is 0 Å². The van der Waals surface area contributed by atoms with Gasteiger partial charge in [-0.2, -0.15) is 0 Å². The van der Waals surface area contributed by atoms with Crippen LogP contribution in [0, 0.1) is 5.92 Å². The first-order chi connectivity index (χ1) is 17.9. The predicted octanol–water partition coefficient (Wildman–Crippen LogP) is 5.31. The summed E-state index contributed by atoms with van der Waals surface area (Å²) >= 11 is 0. The molecule has 2 fully saturated rings. The molecule has 0 spiro atoms. The fourth-order valence-electron chi connectivity index (χ4n) is 6.11. The minimum Gasteiger partial charge on any atom is -0.496 e. The van der Waals surface area contributed by atoms with Gasteiger partial charge in [0.2, 0.25) is 0 Å². The molecule has 3 atom stereocenters. The number of carbonyl (C=O) groups is 1. The predicted molar refractivity (Wildman–Crippen MR) is 141 cm³/mol. The first-order valence-corrected chi connectivity index (χ1v) is 13.8. The number of aliphatic carboxylic acids is 1. The Kier molecular flexibility index (Phi) is 7.65. The Morgan fingerprint density at radius 3 is 2.95 bits per heavy atom. The zero-order valence-electron chi connectivity index (χ0n) is 22.0. The van der Waals surface area contributed by atoms with Gasteiger partial charge in [-0.15, -0.1) is 0 Å². The number of nitrogens with zero attached hydrogens (tertiary/aromatic N) is 3. The van der Waals surface area contributed by atoms with Crippen molar-refractivity contribution in [1.29, 1.82) is 0 Å². The average molecular weight is 511 g/mol. The van der Waals surface area contributed by atoms with Gasteiger partial charge in [0.15, 0.2) is 0 Å². The molecule has 0 amide bonds. The molecule has 5 rings (SSSR count). The first-order valence-electron chi connectivity index (χ1n) is 13.8. The summed E-state index contributed by atoms with van der Waals surface area (Å²) in [6, 6.07) is 4.97. The lowest BCUT2D eigenvalue weighted by atomic mass is 9.85. The highest BCUT2D eigenvalue weighted by molar-refractivity contribution is 5.76. The normalized spacial score (nSPS) is 22.1. The summed E-state index contributed by atoms with van der Waals surface area (Å²) in [5.74, 6) is 1.12. The second-order valence-electron chi connectivity index (χ2n) is 11.1. The van der Waals surface area contributed by atoms with Crippen molar-refractivity contribution in [3.8, 4) is 5.75 Å². The Labute approximate surface area is 218 Å². The van der Waals surface area contributed by atoms with Gasteiger partial charge in [0.05, 0.1) is 7.11 Å². The van der Waals surface area contributed by atoms with Crippen LogP contribution in [-0.2, 0) is 17.6 Å². The van der Waals surface area contributed by atoms with E-state index < -0.39 is 17.7 Å². The quantitative estimate of drug-likeness (QED) is 0.396. The van der Waals surface area contributed by atoms with Crippen molar-refractivity contribution < 1.29 is 19.0 Å². The average Bonchev–Trinajstić information content (AvgIpc) is 3.62. The summed E-state index contributed by atoms with van der Waals surface area (Å²) in [4.78, 5) is 23.6. The lowest BCUT2D eigenvalue weighted by Gasteiger charge is -2.30. The van der Waals surface area contributed by atoms with Crippen LogP contribution in [0.3, 0.4) is 0 Å². The number of hydrogen-bond donors (Lipinski definition) is 2. The number of hydrogen-bond acceptors (Lipinski definition) is 6. The molecule has 200 valence electrons. The lowest BCUT2D eigenvalue weighted by Crippen LogP contribution is -2.36. The number of fused-ring (bicyclic) bond motifs is 1. The van der Waals surface area contributed by atoms with Gasteiger partial charge in [0.25, 0.3) is 0 Å². The molecule has 0 bridgehead atoms. The van der Waals surface area contributed by atoms with E-state index in [1.807, 2.05) is 23.1 Å². The largest absolute Gasteiger partial charge is 0.496 e. The van der Waals surface area contributed by atoms with Gasteiger partial charge in [-0.1, -0.05) is 6.07 Å². The molecule has 3 aliphatic rings. The van der Waals surface area contributed by atoms with Crippen molar-refractivity contribution in [3.63, 3.8) is 0 Å². The molecule has 1 saturated heterocycles. The Balaban J connectivity index is 1.17. The van der Waals surface area contributed by atoms with Crippen LogP contribution in [0.1, 0.15) is 86.3 Å². The number of pyridine rings is 2. The third kappa shape index (κ3) is 5.74. The van der Waals surface area contributed by atoms with E-state index in [1.54, 1.807) is 20.2 Å². The number of methoxy groups -OCH3 is 1. The van der Waals surface area contributed by atoms with Crippen LogP contribution < -0.4 is 10.1 Å². The van der Waals surface area contributed by atoms with E-state index in [2.05, 4.69) is 10.3 Å². The molecular weight excluding hydrogens is 471 g/mol. The maximum absolute atomic E-state index is 15.9. The number of anilines is 1. The molecule has 2 N–H and O–H groups in total. The molecule has 8 heteroatoms. The van der Waals surface area contributed by atoms with Crippen LogP contribution in [0.15, 0.2) is 24.4 Å². The van der Waals surface area contributed by atoms with Crippen LogP contribution in [-0.4, -0.2) is 58.4 Å². The lowest BCUT2D eigenvalue weighted by molar-refractivity contribution is -0.143. The molecular formula is C29H39FN4O3. The van der Waals surface area contributed by atoms with Gasteiger partial charge >= 0.3 is 5.97 Å². The second-order valence-corrected chi connectivity index (χ2v) is 11.1. The number of rotatable bonds is 11. The van der Waals surface area contributed by atoms with Gasteiger partial charge in [0.1, 0.15) is 23.3 Å². The van der Waals surface area contributed by atoms with Crippen molar-refractivity contribution in [2.24, 2.45) is 5.92 Å². The molecule has 1 aliphatic carbocycles. The number of halogens is 1. The molecule has 37 heavy (non-hydrogen) atoms. The SMILES string of the molecule is COc1cc(CCCCC(C)(F)[C@@H]2CCN(C(C(=O)O)c3cccnc3C3CC3)C2)nc2c1CCCN2. The molecule has 7 nitrogen and oxygen atoms in total. The molecule has 0 radical (unpaired) electrons. The summed E-state index contributed by atoms with van der Waals surface area (Å²) in [7, 11) is 1.70. The summed E-state index contributed by atoms with van der Waals surface area (Å²) in [6.07, 6.45) is 9.44. The Morgan fingerprint density at radius 1 is 1.35 bits per heavy atom. The zero-order valence-corrected chi connectivity index (χ0v) is 22.0. The summed E-state index contributed by atoms with van der Waals surface area (Å²) < 4.78 is 21.5. The highest BCUT2D eigenvalue weighted by Gasteiger charge is 2.43. The molecule has 2 aromatic heterocycles. The van der Waals surface area contributed by atoms with E-state index >= 15 is 4.39 Å². The molecule has 4 heterocycles. The smallest absolute Gasteiger partial charge is 0.325 e. The minimum absolute atomic E-state index is 0.179. The standard InChI is InChI=1S/C29H39FN4O3/c1-29(30,13-4-3-7-21-17-24(37-2)22-8-5-15-32-27(22)33-21)20-12-16-34(18-20)26(28(35)36)23-9-6-14-31-25(23)19-10-11-19/h6,9,14,17,19-20,26H,3-5,7-8,10-13,15-16,18H2,1-2H3,(H,32,33)(H,35,36)/t20-,26?,29?/m1/s1. The third-order valence-electron chi connectivity index (χ3n) is 8.40. The monoisotopic (exact) mass is 510 g/mol. The number of alkyl halides is 1. The highest BCUT2D eigenvalue weighted by atomic mass is 19.1. The number of unbranched alkanes of at least 4 members (excludes halogenated alkanes) is 1. The van der Waals surface area contributed by atoms with E-state index in [4.69, 9.17) is 9.72 Å². The van der Waals surface area contributed by atoms with Gasteiger partial charge < -0.3 is 15.2 Å². The van der Waals surface area contributed by atoms with Crippen LogP contribution in [0.5, 0.6) is 5.75 Å². The molecule has 2 aromatic rings. The molecule has 2 unspecified atom stereocenters. The zero-order chi connectivity index (χ0) is 26.0. The maximum Gasteiger partial charge on any atom is 0.325 e. The molecule has 0 aromatic carbocycles. The number of nitrogens with one attached hydrogen (secondary N) is 1. The fourth-order valence-corrected chi connectivity index (χ4v) is 6.11. The van der Waals surface area contributed by atoms with E-state index in [1.165, 1.54) is 0 Å². The highest BCUT2D eigenvalue weighted by Crippen LogP contribution is 2.44. The van der Waals surface area contributed by atoms with Crippen molar-refractivity contribution in [2.45, 2.75) is 82.3 Å². The first kappa shape index (κ1) is 25.9. The van der Waals surface area contributed by atoms with E-state index in [-0.39, 0.29) is 5.92 Å². The number of ether oxygens (including phenoxy) is 1. The van der Waals surface area contributed by atoms with Crippen molar-refractivity contribution >= 4 is 11.8 Å². The van der Waals surface area contributed by atoms with Crippen molar-refractivity contribution in [1.82, 2.24) is 14.9 Å². The van der Waals surface area contributed by atoms with E-state index in [9.17, 15) is 9.90 Å². The summed E-state index contributed by atoms with van der Waals surface area (Å²) in [6.45, 7) is 3.67. The molecule has 2 aliphatic heterocycles. The van der Waals surface area contributed by atoms with Crippen LogP contribution in [0.25, 0.3) is 0 Å². The van der Waals surface area contributed by atoms with E-state index in [0.29, 0.717) is 31.8 Å². The molecule has 1 saturated carbocycles. The summed E-state index contributed by atoms with van der Waals surface area (Å²) in [5.41, 5.74) is 2.47. The minimum atomic E-state index is -1.34. The number of likely N-dealkylation sites (tertiary alicyclic amines) is 1. The summed E-state index contributed by atoms with van der Waals surface area (Å²) in [5, 5.41) is 13.5. The van der Waals surface area contributed by atoms with Gasteiger partial charge in [-0.25, -0.2) is 9.37 Å².